The average molecular weight is 315 g/mol. The molecule has 0 spiro atoms. The summed E-state index contributed by atoms with van der Waals surface area (Å²) in [5.74, 6) is 0.276. The first-order valence-electron chi connectivity index (χ1n) is 5.06. The maximum absolute atomic E-state index is 11.5. The molecule has 80 valence electrons. The Morgan fingerprint density at radius 1 is 1.40 bits per heavy atom. The van der Waals surface area contributed by atoms with E-state index in [0.29, 0.717) is 6.42 Å². The third-order valence-corrected chi connectivity index (χ3v) is 4.60. The number of benzene rings is 1. The molecule has 0 N–H and O–H groups in total. The minimum atomic E-state index is 0.0769. The Morgan fingerprint density at radius 3 is 2.60 bits per heavy atom. The monoisotopic (exact) mass is 315 g/mol. The van der Waals surface area contributed by atoms with Crippen molar-refractivity contribution in [3.05, 3.63) is 35.9 Å². The number of carbonyl (C=O) groups is 1. The second-order valence-electron chi connectivity index (χ2n) is 4.27. The number of carbonyl (C=O) groups excluding carboxylic acids is 1. The average Bonchev–Trinajstić information content (AvgIpc) is 2.27. The molecule has 1 heterocycles. The van der Waals surface area contributed by atoms with Gasteiger partial charge < -0.3 is 4.90 Å². The van der Waals surface area contributed by atoms with Gasteiger partial charge in [0.05, 0.1) is 12.0 Å². The van der Waals surface area contributed by atoms with Crippen LogP contribution in [0.15, 0.2) is 30.3 Å². The van der Waals surface area contributed by atoms with E-state index >= 15 is 0 Å². The van der Waals surface area contributed by atoms with Crippen molar-refractivity contribution in [2.75, 3.05) is 4.43 Å². The number of β-lactam (4-membered cyclic amide) rings is 1. The van der Waals surface area contributed by atoms with E-state index in [1.165, 1.54) is 5.56 Å². The maximum Gasteiger partial charge on any atom is 0.225 e. The molecule has 0 saturated carbocycles. The van der Waals surface area contributed by atoms with Crippen LogP contribution in [-0.2, 0) is 11.3 Å². The van der Waals surface area contributed by atoms with Crippen LogP contribution in [0.5, 0.6) is 0 Å². The normalized spacial score (nSPS) is 25.2. The Kier molecular flexibility index (Phi) is 3.00. The largest absolute Gasteiger partial charge is 0.332 e. The standard InChI is InChI=1S/C12H14INO/c1-12(9-13)7-11(15)14(12)8-10-5-3-2-4-6-10/h2-6H,7-9H2,1H3. The molecule has 1 aliphatic heterocycles. The molecular weight excluding hydrogens is 301 g/mol. The van der Waals surface area contributed by atoms with Crippen LogP contribution in [0.4, 0.5) is 0 Å². The summed E-state index contributed by atoms with van der Waals surface area (Å²) < 4.78 is 1.00. The van der Waals surface area contributed by atoms with Gasteiger partial charge in [0.1, 0.15) is 0 Å². The number of rotatable bonds is 3. The predicted molar refractivity (Wildman–Crippen MR) is 68.9 cm³/mol. The van der Waals surface area contributed by atoms with Gasteiger partial charge in [-0.15, -0.1) is 0 Å². The first kappa shape index (κ1) is 10.9. The van der Waals surface area contributed by atoms with Crippen LogP contribution >= 0.6 is 22.6 Å². The highest BCUT2D eigenvalue weighted by Gasteiger charge is 2.45. The molecule has 0 aromatic heterocycles. The molecule has 1 fully saturated rings. The SMILES string of the molecule is CC1(CI)CC(=O)N1Cc1ccccc1. The number of hydrogen-bond acceptors (Lipinski definition) is 1. The lowest BCUT2D eigenvalue weighted by Crippen LogP contribution is -2.62. The number of alkyl halides is 1. The summed E-state index contributed by atoms with van der Waals surface area (Å²) in [6.07, 6.45) is 0.697. The Bertz CT molecular complexity index is 365. The molecule has 0 aliphatic carbocycles. The van der Waals surface area contributed by atoms with E-state index in [1.807, 2.05) is 23.1 Å². The Hall–Kier alpha value is -0.580. The predicted octanol–water partition coefficient (Wildman–Crippen LogP) is 2.61. The molecule has 2 rings (SSSR count). The summed E-state index contributed by atoms with van der Waals surface area (Å²) in [6.45, 7) is 2.91. The van der Waals surface area contributed by atoms with Gasteiger partial charge in [-0.25, -0.2) is 0 Å². The molecule has 0 bridgehead atoms. The molecule has 2 nitrogen and oxygen atoms in total. The van der Waals surface area contributed by atoms with Gasteiger partial charge in [-0.2, -0.15) is 0 Å². The number of amides is 1. The molecule has 1 saturated heterocycles. The fourth-order valence-corrected chi connectivity index (χ4v) is 2.57. The van der Waals surface area contributed by atoms with Crippen LogP contribution in [0.3, 0.4) is 0 Å². The van der Waals surface area contributed by atoms with Crippen molar-refractivity contribution >= 4 is 28.5 Å². The highest BCUT2D eigenvalue weighted by molar-refractivity contribution is 14.1. The van der Waals surface area contributed by atoms with Gasteiger partial charge in [0, 0.05) is 11.0 Å². The van der Waals surface area contributed by atoms with Gasteiger partial charge in [0.2, 0.25) is 5.91 Å². The first-order chi connectivity index (χ1) is 7.15. The summed E-state index contributed by atoms with van der Waals surface area (Å²) in [5, 5.41) is 0. The van der Waals surface area contributed by atoms with Crippen LogP contribution in [0.2, 0.25) is 0 Å². The Labute approximate surface area is 104 Å². The van der Waals surface area contributed by atoms with Crippen molar-refractivity contribution in [1.82, 2.24) is 4.90 Å². The van der Waals surface area contributed by atoms with Crippen molar-refractivity contribution in [1.29, 1.82) is 0 Å². The van der Waals surface area contributed by atoms with Crippen LogP contribution in [0.25, 0.3) is 0 Å². The molecule has 1 aliphatic rings. The van der Waals surface area contributed by atoms with Gasteiger partial charge in [-0.1, -0.05) is 52.9 Å². The molecule has 15 heavy (non-hydrogen) atoms. The fourth-order valence-electron chi connectivity index (χ4n) is 1.89. The zero-order chi connectivity index (χ0) is 10.9. The lowest BCUT2D eigenvalue weighted by atomic mass is 9.87. The Balaban J connectivity index is 2.09. The molecule has 1 aromatic carbocycles. The zero-order valence-electron chi connectivity index (χ0n) is 8.74. The smallest absolute Gasteiger partial charge is 0.225 e. The van der Waals surface area contributed by atoms with Gasteiger partial charge in [0.25, 0.3) is 0 Å². The number of hydrogen-bond donors (Lipinski definition) is 0. The van der Waals surface area contributed by atoms with Crippen LogP contribution in [0, 0.1) is 0 Å². The van der Waals surface area contributed by atoms with Gasteiger partial charge >= 0.3 is 0 Å². The van der Waals surface area contributed by atoms with E-state index < -0.39 is 0 Å². The van der Waals surface area contributed by atoms with Crippen LogP contribution in [-0.4, -0.2) is 20.8 Å². The highest BCUT2D eigenvalue weighted by Crippen LogP contribution is 2.34. The molecule has 1 unspecified atom stereocenters. The van der Waals surface area contributed by atoms with Gasteiger partial charge in [-0.3, -0.25) is 4.79 Å². The summed E-state index contributed by atoms with van der Waals surface area (Å²) in [5.41, 5.74) is 1.29. The topological polar surface area (TPSA) is 20.3 Å². The lowest BCUT2D eigenvalue weighted by Gasteiger charge is -2.49. The van der Waals surface area contributed by atoms with E-state index in [-0.39, 0.29) is 11.4 Å². The van der Waals surface area contributed by atoms with E-state index in [2.05, 4.69) is 41.6 Å². The number of halogens is 1. The van der Waals surface area contributed by atoms with Crippen molar-refractivity contribution in [2.24, 2.45) is 0 Å². The Morgan fingerprint density at radius 2 is 2.07 bits per heavy atom. The van der Waals surface area contributed by atoms with Crippen LogP contribution in [0.1, 0.15) is 18.9 Å². The quantitative estimate of drug-likeness (QED) is 0.477. The molecular formula is C12H14INO. The van der Waals surface area contributed by atoms with Crippen molar-refractivity contribution < 1.29 is 4.79 Å². The second kappa shape index (κ2) is 4.12. The summed E-state index contributed by atoms with van der Waals surface area (Å²) in [7, 11) is 0. The third kappa shape index (κ3) is 2.02. The maximum atomic E-state index is 11.5. The van der Waals surface area contributed by atoms with Crippen molar-refractivity contribution in [3.63, 3.8) is 0 Å². The molecule has 1 aromatic rings. The minimum Gasteiger partial charge on any atom is -0.332 e. The van der Waals surface area contributed by atoms with E-state index in [1.54, 1.807) is 0 Å². The fraction of sp³-hybridized carbons (Fsp3) is 0.417. The van der Waals surface area contributed by atoms with Crippen molar-refractivity contribution in [2.45, 2.75) is 25.4 Å². The third-order valence-electron chi connectivity index (χ3n) is 2.96. The van der Waals surface area contributed by atoms with E-state index in [0.717, 1.165) is 11.0 Å². The van der Waals surface area contributed by atoms with Crippen LogP contribution < -0.4 is 0 Å². The van der Waals surface area contributed by atoms with Crippen molar-refractivity contribution in [3.8, 4) is 0 Å². The summed E-state index contributed by atoms with van der Waals surface area (Å²) in [4.78, 5) is 13.5. The second-order valence-corrected chi connectivity index (χ2v) is 5.04. The molecule has 0 radical (unpaired) electrons. The molecule has 1 atom stereocenters. The molecule has 3 heteroatoms. The lowest BCUT2D eigenvalue weighted by molar-refractivity contribution is -0.154. The number of nitrogens with zero attached hydrogens (tertiary/aromatic N) is 1. The zero-order valence-corrected chi connectivity index (χ0v) is 10.9. The first-order valence-corrected chi connectivity index (χ1v) is 6.59. The minimum absolute atomic E-state index is 0.0769. The summed E-state index contributed by atoms with van der Waals surface area (Å²) in [6, 6.07) is 10.2. The van der Waals surface area contributed by atoms with E-state index in [9.17, 15) is 4.79 Å². The molecule has 1 amide bonds. The van der Waals surface area contributed by atoms with Gasteiger partial charge in [-0.05, 0) is 12.5 Å². The number of likely N-dealkylation sites (tertiary alicyclic amines) is 1. The van der Waals surface area contributed by atoms with Gasteiger partial charge in [0.15, 0.2) is 0 Å². The van der Waals surface area contributed by atoms with E-state index in [4.69, 9.17) is 0 Å². The summed E-state index contributed by atoms with van der Waals surface area (Å²) >= 11 is 2.36. The highest BCUT2D eigenvalue weighted by atomic mass is 127.